The Kier molecular flexibility index (Phi) is 5.43. The van der Waals surface area contributed by atoms with Crippen LogP contribution in [0.1, 0.15) is 42.5 Å². The first-order valence-corrected chi connectivity index (χ1v) is 9.87. The maximum absolute atomic E-state index is 12.7. The molecule has 0 bridgehead atoms. The highest BCUT2D eigenvalue weighted by Gasteiger charge is 2.26. The number of hydrogen-bond donors (Lipinski definition) is 0. The first-order valence-electron chi connectivity index (χ1n) is 9.87. The van der Waals surface area contributed by atoms with Crippen LogP contribution in [0.4, 0.5) is 0 Å². The number of carbonyl (C=O) groups excluding carboxylic acids is 1. The van der Waals surface area contributed by atoms with Gasteiger partial charge in [-0.15, -0.1) is 0 Å². The van der Waals surface area contributed by atoms with E-state index in [1.54, 1.807) is 6.08 Å². The van der Waals surface area contributed by atoms with Gasteiger partial charge >= 0.3 is 0 Å². The van der Waals surface area contributed by atoms with E-state index in [1.165, 1.54) is 0 Å². The smallest absolute Gasteiger partial charge is 0.246 e. The molecule has 4 rings (SSSR count). The highest BCUT2D eigenvalue weighted by Crippen LogP contribution is 2.27. The summed E-state index contributed by atoms with van der Waals surface area (Å²) in [6.45, 7) is 3.81. The second-order valence-electron chi connectivity index (χ2n) is 7.32. The van der Waals surface area contributed by atoms with Crippen LogP contribution < -0.4 is 0 Å². The molecule has 2 aromatic heterocycles. The Labute approximate surface area is 169 Å². The molecule has 3 aromatic rings. The Morgan fingerprint density at radius 1 is 1.34 bits per heavy atom. The van der Waals surface area contributed by atoms with Crippen LogP contribution in [0.5, 0.6) is 0 Å². The SMILES string of the molecule is Cc1noc(C2CCN(C(=O)/C=C/c3cn(CCC#N)c4ccccc34)CC2)n1. The lowest BCUT2D eigenvalue weighted by atomic mass is 9.96. The van der Waals surface area contributed by atoms with E-state index in [1.807, 2.05) is 48.4 Å². The first kappa shape index (κ1) is 18.9. The van der Waals surface area contributed by atoms with Gasteiger partial charge < -0.3 is 14.0 Å². The van der Waals surface area contributed by atoms with Crippen LogP contribution in [0, 0.1) is 18.3 Å². The number of nitrogens with zero attached hydrogens (tertiary/aromatic N) is 5. The standard InChI is InChI=1S/C22H23N5O2/c1-16-24-22(29-25-16)17-9-13-26(14-10-17)21(28)8-7-18-15-27(12-4-11-23)20-6-3-2-5-19(18)20/h2-3,5-8,15,17H,4,9-10,12-14H2,1H3/b8-7+. The lowest BCUT2D eigenvalue weighted by Gasteiger charge is -2.29. The molecule has 1 fully saturated rings. The molecule has 1 aromatic carbocycles. The number of hydrogen-bond acceptors (Lipinski definition) is 5. The van der Waals surface area contributed by atoms with Crippen LogP contribution in [-0.4, -0.2) is 38.6 Å². The van der Waals surface area contributed by atoms with E-state index in [0.717, 1.165) is 29.3 Å². The molecule has 148 valence electrons. The second-order valence-corrected chi connectivity index (χ2v) is 7.32. The number of aryl methyl sites for hydroxylation is 2. The average molecular weight is 389 g/mol. The molecule has 0 aliphatic carbocycles. The highest BCUT2D eigenvalue weighted by molar-refractivity contribution is 5.96. The predicted octanol–water partition coefficient (Wildman–Crippen LogP) is 3.67. The van der Waals surface area contributed by atoms with Crippen molar-refractivity contribution in [1.82, 2.24) is 19.6 Å². The van der Waals surface area contributed by atoms with Crippen molar-refractivity contribution >= 4 is 22.9 Å². The maximum atomic E-state index is 12.7. The van der Waals surface area contributed by atoms with E-state index in [9.17, 15) is 4.79 Å². The van der Waals surface area contributed by atoms with E-state index in [-0.39, 0.29) is 11.8 Å². The zero-order chi connectivity index (χ0) is 20.2. The molecule has 0 N–H and O–H groups in total. The normalized spacial score (nSPS) is 15.2. The van der Waals surface area contributed by atoms with E-state index < -0.39 is 0 Å². The van der Waals surface area contributed by atoms with Crippen LogP contribution in [0.3, 0.4) is 0 Å². The molecule has 0 unspecified atom stereocenters. The lowest BCUT2D eigenvalue weighted by Crippen LogP contribution is -2.36. The summed E-state index contributed by atoms with van der Waals surface area (Å²) in [7, 11) is 0. The summed E-state index contributed by atoms with van der Waals surface area (Å²) < 4.78 is 7.35. The van der Waals surface area contributed by atoms with Crippen LogP contribution in [0.2, 0.25) is 0 Å². The van der Waals surface area contributed by atoms with Crippen molar-refractivity contribution in [3.05, 3.63) is 53.8 Å². The molecule has 1 aliphatic heterocycles. The van der Waals surface area contributed by atoms with E-state index in [0.29, 0.717) is 37.8 Å². The number of rotatable bonds is 5. The molecule has 7 nitrogen and oxygen atoms in total. The molecule has 3 heterocycles. The molecule has 0 saturated carbocycles. The Morgan fingerprint density at radius 3 is 2.86 bits per heavy atom. The molecule has 29 heavy (non-hydrogen) atoms. The minimum Gasteiger partial charge on any atom is -0.346 e. The van der Waals surface area contributed by atoms with Gasteiger partial charge in [-0.1, -0.05) is 23.4 Å². The van der Waals surface area contributed by atoms with Crippen molar-refractivity contribution in [2.24, 2.45) is 0 Å². The number of carbonyl (C=O) groups is 1. The van der Waals surface area contributed by atoms with Gasteiger partial charge in [0.1, 0.15) is 0 Å². The van der Waals surface area contributed by atoms with Crippen molar-refractivity contribution in [1.29, 1.82) is 5.26 Å². The van der Waals surface area contributed by atoms with Gasteiger partial charge in [-0.05, 0) is 31.9 Å². The summed E-state index contributed by atoms with van der Waals surface area (Å²) in [5.41, 5.74) is 2.06. The quantitative estimate of drug-likeness (QED) is 0.621. The summed E-state index contributed by atoms with van der Waals surface area (Å²) >= 11 is 0. The topological polar surface area (TPSA) is 88.0 Å². The average Bonchev–Trinajstić information content (AvgIpc) is 3.34. The summed E-state index contributed by atoms with van der Waals surface area (Å²) in [5.74, 6) is 1.56. The first-order chi connectivity index (χ1) is 14.2. The minimum atomic E-state index is 0.0130. The summed E-state index contributed by atoms with van der Waals surface area (Å²) in [6.07, 6.45) is 7.64. The number of benzene rings is 1. The van der Waals surface area contributed by atoms with Crippen LogP contribution in [0.15, 0.2) is 41.1 Å². The zero-order valence-corrected chi connectivity index (χ0v) is 16.4. The van der Waals surface area contributed by atoms with Crippen LogP contribution in [-0.2, 0) is 11.3 Å². The number of likely N-dealkylation sites (tertiary alicyclic amines) is 1. The van der Waals surface area contributed by atoms with Crippen molar-refractivity contribution in [3.8, 4) is 6.07 Å². The van der Waals surface area contributed by atoms with Crippen LogP contribution in [0.25, 0.3) is 17.0 Å². The fourth-order valence-corrected chi connectivity index (χ4v) is 3.86. The second kappa shape index (κ2) is 8.31. The Morgan fingerprint density at radius 2 is 2.14 bits per heavy atom. The van der Waals surface area contributed by atoms with Gasteiger partial charge in [0.2, 0.25) is 11.8 Å². The largest absolute Gasteiger partial charge is 0.346 e. The molecule has 1 saturated heterocycles. The third-order valence-corrected chi connectivity index (χ3v) is 5.39. The molecular formula is C22H23N5O2. The number of fused-ring (bicyclic) bond motifs is 1. The van der Waals surface area contributed by atoms with Gasteiger partial charge in [0, 0.05) is 54.3 Å². The molecule has 1 aliphatic rings. The molecule has 0 spiro atoms. The highest BCUT2D eigenvalue weighted by atomic mass is 16.5. The van der Waals surface area contributed by atoms with Crippen molar-refractivity contribution in [2.45, 2.75) is 38.6 Å². The van der Waals surface area contributed by atoms with E-state index >= 15 is 0 Å². The summed E-state index contributed by atoms with van der Waals surface area (Å²) in [6, 6.07) is 10.2. The lowest BCUT2D eigenvalue weighted by molar-refractivity contribution is -0.127. The minimum absolute atomic E-state index is 0.0130. The van der Waals surface area contributed by atoms with E-state index in [4.69, 9.17) is 9.78 Å². The van der Waals surface area contributed by atoms with Gasteiger partial charge in [0.25, 0.3) is 0 Å². The number of aromatic nitrogens is 3. The third-order valence-electron chi connectivity index (χ3n) is 5.39. The maximum Gasteiger partial charge on any atom is 0.246 e. The Bertz CT molecular complexity index is 1080. The van der Waals surface area contributed by atoms with Gasteiger partial charge in [0.15, 0.2) is 5.82 Å². The van der Waals surface area contributed by atoms with Crippen molar-refractivity contribution in [3.63, 3.8) is 0 Å². The number of nitriles is 1. The van der Waals surface area contributed by atoms with Crippen LogP contribution >= 0.6 is 0 Å². The predicted molar refractivity (Wildman–Crippen MR) is 109 cm³/mol. The fraction of sp³-hybridized carbons (Fsp3) is 0.364. The summed E-state index contributed by atoms with van der Waals surface area (Å²) in [4.78, 5) is 18.9. The summed E-state index contributed by atoms with van der Waals surface area (Å²) in [5, 5.41) is 13.8. The third kappa shape index (κ3) is 4.06. The molecular weight excluding hydrogens is 366 g/mol. The van der Waals surface area contributed by atoms with Gasteiger partial charge in [-0.2, -0.15) is 10.2 Å². The van der Waals surface area contributed by atoms with Gasteiger partial charge in [-0.25, -0.2) is 0 Å². The molecule has 1 amide bonds. The van der Waals surface area contributed by atoms with Gasteiger partial charge in [-0.3, -0.25) is 4.79 Å². The van der Waals surface area contributed by atoms with Crippen molar-refractivity contribution in [2.75, 3.05) is 13.1 Å². The fourth-order valence-electron chi connectivity index (χ4n) is 3.86. The van der Waals surface area contributed by atoms with E-state index in [2.05, 4.69) is 20.8 Å². The Hall–Kier alpha value is -3.40. The van der Waals surface area contributed by atoms with Crippen molar-refractivity contribution < 1.29 is 9.32 Å². The Balaban J connectivity index is 1.43. The number of para-hydroxylation sites is 1. The monoisotopic (exact) mass is 389 g/mol. The molecule has 0 radical (unpaired) electrons. The van der Waals surface area contributed by atoms with Gasteiger partial charge in [0.05, 0.1) is 12.5 Å². The zero-order valence-electron chi connectivity index (χ0n) is 16.4. The number of amides is 1. The molecule has 0 atom stereocenters. The molecule has 7 heteroatoms. The number of piperidine rings is 1.